The lowest BCUT2D eigenvalue weighted by atomic mass is 10.2. The molecule has 124 valence electrons. The molecule has 1 atom stereocenters. The molecule has 1 heterocycles. The van der Waals surface area contributed by atoms with Crippen LogP contribution in [0.4, 0.5) is 5.69 Å². The first kappa shape index (κ1) is 17.0. The second kappa shape index (κ2) is 7.76. The minimum Gasteiger partial charge on any atom is -0.370 e. The summed E-state index contributed by atoms with van der Waals surface area (Å²) in [4.78, 5) is 38.1. The first-order chi connectivity index (χ1) is 11.0. The Morgan fingerprint density at radius 2 is 1.83 bits per heavy atom. The number of imide groups is 1. The highest BCUT2D eigenvalue weighted by Crippen LogP contribution is 2.14. The second-order valence-electron chi connectivity index (χ2n) is 5.79. The van der Waals surface area contributed by atoms with Gasteiger partial charge in [-0.15, -0.1) is 0 Å². The van der Waals surface area contributed by atoms with E-state index in [1.165, 1.54) is 4.90 Å². The number of rotatable bonds is 7. The number of hydrogen-bond donors (Lipinski definition) is 1. The Hall–Kier alpha value is -2.37. The minimum atomic E-state index is -0.181. The summed E-state index contributed by atoms with van der Waals surface area (Å²) in [6.07, 6.45) is 0.679. The molecule has 1 aromatic rings. The lowest BCUT2D eigenvalue weighted by molar-refractivity contribution is -0.138. The van der Waals surface area contributed by atoms with Gasteiger partial charge in [0.05, 0.1) is 0 Å². The van der Waals surface area contributed by atoms with Crippen molar-refractivity contribution in [2.45, 2.75) is 32.2 Å². The molecule has 0 aromatic heterocycles. The highest BCUT2D eigenvalue weighted by atomic mass is 16.2. The van der Waals surface area contributed by atoms with Crippen molar-refractivity contribution in [1.29, 1.82) is 0 Å². The third-order valence-electron chi connectivity index (χ3n) is 4.14. The van der Waals surface area contributed by atoms with E-state index < -0.39 is 0 Å². The van der Waals surface area contributed by atoms with Crippen molar-refractivity contribution >= 4 is 23.4 Å². The number of amides is 3. The van der Waals surface area contributed by atoms with E-state index in [0.29, 0.717) is 6.54 Å². The van der Waals surface area contributed by atoms with Crippen molar-refractivity contribution in [2.75, 3.05) is 25.0 Å². The van der Waals surface area contributed by atoms with Crippen LogP contribution in [0.1, 0.15) is 26.2 Å². The zero-order valence-electron chi connectivity index (χ0n) is 13.6. The molecule has 23 heavy (non-hydrogen) atoms. The summed E-state index contributed by atoms with van der Waals surface area (Å²) >= 11 is 0. The summed E-state index contributed by atoms with van der Waals surface area (Å²) in [6.45, 7) is 2.71. The monoisotopic (exact) mass is 317 g/mol. The summed E-state index contributed by atoms with van der Waals surface area (Å²) < 4.78 is 0. The van der Waals surface area contributed by atoms with E-state index in [-0.39, 0.29) is 49.6 Å². The summed E-state index contributed by atoms with van der Waals surface area (Å²) in [5.41, 5.74) is 1.09. The quantitative estimate of drug-likeness (QED) is 0.766. The summed E-state index contributed by atoms with van der Waals surface area (Å²) in [7, 11) is 1.98. The largest absolute Gasteiger partial charge is 0.370 e. The lowest BCUT2D eigenvalue weighted by Gasteiger charge is -2.27. The van der Waals surface area contributed by atoms with Crippen LogP contribution >= 0.6 is 0 Å². The maximum Gasteiger partial charge on any atom is 0.229 e. The van der Waals surface area contributed by atoms with Gasteiger partial charge in [0.25, 0.3) is 0 Å². The number of anilines is 1. The Labute approximate surface area is 136 Å². The molecule has 0 spiro atoms. The average molecular weight is 317 g/mol. The first-order valence-electron chi connectivity index (χ1n) is 7.87. The molecule has 2 rings (SSSR count). The zero-order chi connectivity index (χ0) is 16.8. The number of para-hydroxylation sites is 1. The van der Waals surface area contributed by atoms with E-state index in [4.69, 9.17) is 0 Å². The van der Waals surface area contributed by atoms with Gasteiger partial charge in [-0.1, -0.05) is 18.2 Å². The van der Waals surface area contributed by atoms with Gasteiger partial charge in [-0.05, 0) is 19.1 Å². The molecule has 0 saturated carbocycles. The van der Waals surface area contributed by atoms with Crippen LogP contribution in [0.25, 0.3) is 0 Å². The number of likely N-dealkylation sites (tertiary alicyclic amines) is 1. The molecule has 1 N–H and O–H groups in total. The van der Waals surface area contributed by atoms with Crippen molar-refractivity contribution in [3.8, 4) is 0 Å². The number of carbonyl (C=O) groups excluding carboxylic acids is 3. The van der Waals surface area contributed by atoms with Gasteiger partial charge >= 0.3 is 0 Å². The van der Waals surface area contributed by atoms with Gasteiger partial charge in [0.2, 0.25) is 17.7 Å². The van der Waals surface area contributed by atoms with Crippen molar-refractivity contribution in [3.05, 3.63) is 30.3 Å². The van der Waals surface area contributed by atoms with Crippen molar-refractivity contribution in [1.82, 2.24) is 10.2 Å². The van der Waals surface area contributed by atoms with Crippen LogP contribution in [0.2, 0.25) is 0 Å². The molecule has 1 fully saturated rings. The summed E-state index contributed by atoms with van der Waals surface area (Å²) in [5, 5.41) is 2.86. The molecule has 1 aromatic carbocycles. The van der Waals surface area contributed by atoms with Crippen molar-refractivity contribution in [2.24, 2.45) is 0 Å². The summed E-state index contributed by atoms with van der Waals surface area (Å²) in [6, 6.07) is 10.1. The second-order valence-corrected chi connectivity index (χ2v) is 5.79. The predicted octanol–water partition coefficient (Wildman–Crippen LogP) is 1.17. The number of nitrogens with one attached hydrogen (secondary N) is 1. The minimum absolute atomic E-state index is 0.136. The fraction of sp³-hybridized carbons (Fsp3) is 0.471. The molecule has 0 unspecified atom stereocenters. The fourth-order valence-corrected chi connectivity index (χ4v) is 2.49. The maximum atomic E-state index is 11.9. The van der Waals surface area contributed by atoms with Gasteiger partial charge in [0.15, 0.2) is 0 Å². The smallest absolute Gasteiger partial charge is 0.229 e. The van der Waals surface area contributed by atoms with E-state index in [1.807, 2.05) is 44.3 Å². The third kappa shape index (κ3) is 4.55. The molecule has 3 amide bonds. The molecule has 1 aliphatic heterocycles. The Morgan fingerprint density at radius 3 is 2.43 bits per heavy atom. The van der Waals surface area contributed by atoms with Gasteiger partial charge in [0, 0.05) is 51.1 Å². The van der Waals surface area contributed by atoms with Crippen LogP contribution in [0.15, 0.2) is 30.3 Å². The molecule has 0 aliphatic carbocycles. The molecule has 1 saturated heterocycles. The normalized spacial score (nSPS) is 15.7. The van der Waals surface area contributed by atoms with Gasteiger partial charge in [0.1, 0.15) is 0 Å². The van der Waals surface area contributed by atoms with E-state index in [0.717, 1.165) is 5.69 Å². The Kier molecular flexibility index (Phi) is 5.73. The highest BCUT2D eigenvalue weighted by molar-refractivity contribution is 6.02. The Bertz CT molecular complexity index is 558. The van der Waals surface area contributed by atoms with E-state index in [1.54, 1.807) is 0 Å². The van der Waals surface area contributed by atoms with Crippen LogP contribution in [0.3, 0.4) is 0 Å². The third-order valence-corrected chi connectivity index (χ3v) is 4.14. The van der Waals surface area contributed by atoms with Crippen LogP contribution in [-0.2, 0) is 14.4 Å². The molecule has 6 nitrogen and oxygen atoms in total. The van der Waals surface area contributed by atoms with Crippen LogP contribution < -0.4 is 10.2 Å². The number of carbonyl (C=O) groups is 3. The van der Waals surface area contributed by atoms with Crippen LogP contribution in [-0.4, -0.2) is 48.8 Å². The molecule has 6 heteroatoms. The van der Waals surface area contributed by atoms with E-state index >= 15 is 0 Å². The van der Waals surface area contributed by atoms with Crippen LogP contribution in [0.5, 0.6) is 0 Å². The van der Waals surface area contributed by atoms with E-state index in [9.17, 15) is 14.4 Å². The maximum absolute atomic E-state index is 11.9. The standard InChI is InChI=1S/C17H23N3O3/c1-13(19(2)14-6-4-3-5-7-14)12-18-15(21)10-11-20-16(22)8-9-17(20)23/h3-7,13H,8-12H2,1-2H3,(H,18,21)/t13-/m0/s1. The number of benzene rings is 1. The Morgan fingerprint density at radius 1 is 1.22 bits per heavy atom. The SMILES string of the molecule is C[C@@H](CNC(=O)CCN1C(=O)CCC1=O)N(C)c1ccccc1. The summed E-state index contributed by atoms with van der Waals surface area (Å²) in [5.74, 6) is -0.509. The van der Waals surface area contributed by atoms with Gasteiger partial charge in [-0.3, -0.25) is 19.3 Å². The van der Waals surface area contributed by atoms with Crippen LogP contribution in [0, 0.1) is 0 Å². The molecular formula is C17H23N3O3. The van der Waals surface area contributed by atoms with E-state index in [2.05, 4.69) is 10.2 Å². The fourth-order valence-electron chi connectivity index (χ4n) is 2.49. The Balaban J connectivity index is 1.73. The molecule has 0 bridgehead atoms. The van der Waals surface area contributed by atoms with Gasteiger partial charge in [-0.25, -0.2) is 0 Å². The predicted molar refractivity (Wildman–Crippen MR) is 87.9 cm³/mol. The topological polar surface area (TPSA) is 69.7 Å². The van der Waals surface area contributed by atoms with Crippen molar-refractivity contribution in [3.63, 3.8) is 0 Å². The first-order valence-corrected chi connectivity index (χ1v) is 7.87. The lowest BCUT2D eigenvalue weighted by Crippen LogP contribution is -2.41. The molecular weight excluding hydrogens is 294 g/mol. The average Bonchev–Trinajstić information content (AvgIpc) is 2.89. The number of nitrogens with zero attached hydrogens (tertiary/aromatic N) is 2. The van der Waals surface area contributed by atoms with Gasteiger partial charge in [-0.2, -0.15) is 0 Å². The number of hydrogen-bond acceptors (Lipinski definition) is 4. The number of likely N-dealkylation sites (N-methyl/N-ethyl adjacent to an activating group) is 1. The van der Waals surface area contributed by atoms with Gasteiger partial charge < -0.3 is 10.2 Å². The molecule has 1 aliphatic rings. The highest BCUT2D eigenvalue weighted by Gasteiger charge is 2.28. The molecule has 0 radical (unpaired) electrons. The van der Waals surface area contributed by atoms with Crippen molar-refractivity contribution < 1.29 is 14.4 Å². The zero-order valence-corrected chi connectivity index (χ0v) is 13.6.